The van der Waals surface area contributed by atoms with Crippen molar-refractivity contribution in [2.75, 3.05) is 0 Å². The van der Waals surface area contributed by atoms with Crippen LogP contribution in [0.3, 0.4) is 0 Å². The largest absolute Gasteiger partial charge is 0.808 e. The van der Waals surface area contributed by atoms with Crippen LogP contribution < -0.4 is 4.52 Å². The van der Waals surface area contributed by atoms with Gasteiger partial charge in [0.2, 0.25) is 0 Å². The molecule has 0 aliphatic rings. The molecule has 4 nitrogen and oxygen atoms in total. The summed E-state index contributed by atoms with van der Waals surface area (Å²) in [5.41, 5.74) is 3.08. The molecule has 0 fully saturated rings. The van der Waals surface area contributed by atoms with Crippen LogP contribution in [0.1, 0.15) is 27.0 Å². The van der Waals surface area contributed by atoms with Crippen molar-refractivity contribution in [2.45, 2.75) is 20.8 Å². The second-order valence-electron chi connectivity index (χ2n) is 4.78. The molecule has 1 atom stereocenters. The summed E-state index contributed by atoms with van der Waals surface area (Å²) in [5.74, 6) is -0.245. The molecule has 0 spiro atoms. The van der Waals surface area contributed by atoms with Gasteiger partial charge >= 0.3 is 14.2 Å². The van der Waals surface area contributed by atoms with Gasteiger partial charge in [0.1, 0.15) is 0 Å². The first-order chi connectivity index (χ1) is 9.97. The molecule has 0 aliphatic heterocycles. The van der Waals surface area contributed by atoms with E-state index in [1.165, 1.54) is 0 Å². The molecule has 0 saturated carbocycles. The van der Waals surface area contributed by atoms with Crippen LogP contribution in [0.5, 0.6) is 5.75 Å². The number of hydrogen-bond donors (Lipinski definition) is 0. The number of para-hydroxylation sites is 1. The SMILES string of the molecule is Cc1cc(C)c(C(=O)O[P+](=O)Oc2ccccc2)c(C)c1.[Li]. The van der Waals surface area contributed by atoms with Crippen LogP contribution in [0.15, 0.2) is 42.5 Å². The van der Waals surface area contributed by atoms with Gasteiger partial charge in [-0.25, -0.2) is 9.32 Å². The molecule has 109 valence electrons. The number of benzene rings is 2. The molecule has 6 heteroatoms. The number of carbonyl (C=O) groups excluding carboxylic acids is 1. The molecule has 0 heterocycles. The first-order valence-electron chi connectivity index (χ1n) is 6.48. The summed E-state index contributed by atoms with van der Waals surface area (Å²) in [6.07, 6.45) is 0. The fourth-order valence-corrected chi connectivity index (χ4v) is 2.76. The van der Waals surface area contributed by atoms with Crippen molar-refractivity contribution in [2.24, 2.45) is 0 Å². The Morgan fingerprint density at radius 2 is 1.55 bits per heavy atom. The standard InChI is InChI=1S/C16H16O4P.Li/c1-11-9-12(2)15(13(3)10-11)16(17)20-21(18)19-14-7-5-4-6-8-14;/h4-10H,1-3H3;/q+1;. The summed E-state index contributed by atoms with van der Waals surface area (Å²) in [6, 6.07) is 12.4. The predicted octanol–water partition coefficient (Wildman–Crippen LogP) is 4.12. The van der Waals surface area contributed by atoms with Crippen molar-refractivity contribution in [1.82, 2.24) is 0 Å². The number of rotatable bonds is 4. The summed E-state index contributed by atoms with van der Waals surface area (Å²) < 4.78 is 21.7. The molecule has 0 amide bonds. The van der Waals surface area contributed by atoms with Gasteiger partial charge in [0.25, 0.3) is 0 Å². The molecule has 0 N–H and O–H groups in total. The van der Waals surface area contributed by atoms with Crippen LogP contribution in [0.25, 0.3) is 0 Å². The average molecular weight is 310 g/mol. The Morgan fingerprint density at radius 3 is 2.09 bits per heavy atom. The van der Waals surface area contributed by atoms with E-state index in [1.807, 2.05) is 39.0 Å². The van der Waals surface area contributed by atoms with Gasteiger partial charge in [0.15, 0.2) is 5.75 Å². The molecule has 22 heavy (non-hydrogen) atoms. The smallest absolute Gasteiger partial charge is 0.241 e. The molecule has 0 aliphatic carbocycles. The van der Waals surface area contributed by atoms with Gasteiger partial charge in [-0.05, 0) is 44.0 Å². The van der Waals surface area contributed by atoms with Gasteiger partial charge < -0.3 is 0 Å². The molecule has 1 radical (unpaired) electrons. The van der Waals surface area contributed by atoms with Crippen molar-refractivity contribution in [3.8, 4) is 5.75 Å². The third-order valence-electron chi connectivity index (χ3n) is 2.96. The minimum absolute atomic E-state index is 0. The van der Waals surface area contributed by atoms with Crippen molar-refractivity contribution in [1.29, 1.82) is 0 Å². The van der Waals surface area contributed by atoms with Gasteiger partial charge in [-0.15, -0.1) is 0 Å². The second-order valence-corrected chi connectivity index (χ2v) is 5.59. The summed E-state index contributed by atoms with van der Waals surface area (Å²) >= 11 is 0. The van der Waals surface area contributed by atoms with Crippen molar-refractivity contribution in [3.63, 3.8) is 0 Å². The van der Waals surface area contributed by atoms with Gasteiger partial charge in [0.05, 0.1) is 5.56 Å². The minimum atomic E-state index is -2.55. The van der Waals surface area contributed by atoms with Crippen molar-refractivity contribution >= 4 is 33.1 Å². The average Bonchev–Trinajstić information content (AvgIpc) is 2.38. The fraction of sp³-hybridized carbons (Fsp3) is 0.188. The maximum Gasteiger partial charge on any atom is 0.808 e. The van der Waals surface area contributed by atoms with Gasteiger partial charge in [0, 0.05) is 23.4 Å². The topological polar surface area (TPSA) is 52.6 Å². The maximum absolute atomic E-state index is 12.1. The summed E-state index contributed by atoms with van der Waals surface area (Å²) in [6.45, 7) is 5.59. The zero-order valence-corrected chi connectivity index (χ0v) is 14.0. The van der Waals surface area contributed by atoms with Crippen molar-refractivity contribution < 1.29 is 18.4 Å². The van der Waals surface area contributed by atoms with Crippen LogP contribution >= 0.6 is 8.25 Å². The summed E-state index contributed by atoms with van der Waals surface area (Å²) in [5, 5.41) is 0. The minimum Gasteiger partial charge on any atom is -0.241 e. The van der Waals surface area contributed by atoms with Crippen molar-refractivity contribution in [3.05, 3.63) is 64.7 Å². The van der Waals surface area contributed by atoms with E-state index >= 15 is 0 Å². The van der Waals surface area contributed by atoms with Gasteiger partial charge in [-0.3, -0.25) is 0 Å². The summed E-state index contributed by atoms with van der Waals surface area (Å²) in [7, 11) is -2.55. The van der Waals surface area contributed by atoms with Crippen LogP contribution in [0.2, 0.25) is 0 Å². The third kappa shape index (κ3) is 4.71. The molecule has 2 aromatic carbocycles. The first-order valence-corrected chi connectivity index (χ1v) is 7.57. The quantitative estimate of drug-likeness (QED) is 0.629. The van der Waals surface area contributed by atoms with Gasteiger partial charge in [-0.1, -0.05) is 35.9 Å². The molecule has 2 aromatic rings. The molecule has 0 saturated heterocycles. The predicted molar refractivity (Wildman–Crippen MR) is 86.5 cm³/mol. The molecule has 1 unspecified atom stereocenters. The van der Waals surface area contributed by atoms with E-state index in [1.54, 1.807) is 24.3 Å². The van der Waals surface area contributed by atoms with E-state index in [0.29, 0.717) is 11.3 Å². The number of hydrogen-bond acceptors (Lipinski definition) is 4. The van der Waals surface area contributed by atoms with E-state index in [-0.39, 0.29) is 18.9 Å². The third-order valence-corrected chi connectivity index (χ3v) is 3.64. The monoisotopic (exact) mass is 310 g/mol. The summed E-state index contributed by atoms with van der Waals surface area (Å²) in [4.78, 5) is 12.1. The number of carbonyl (C=O) groups is 1. The Hall–Kier alpha value is -1.59. The van der Waals surface area contributed by atoms with E-state index in [2.05, 4.69) is 0 Å². The Balaban J connectivity index is 0.00000242. The van der Waals surface area contributed by atoms with E-state index in [4.69, 9.17) is 9.05 Å². The van der Waals surface area contributed by atoms with E-state index in [0.717, 1.165) is 16.7 Å². The molecule has 0 bridgehead atoms. The van der Waals surface area contributed by atoms with Crippen LogP contribution in [-0.2, 0) is 9.09 Å². The van der Waals surface area contributed by atoms with E-state index in [9.17, 15) is 9.36 Å². The normalized spacial score (nSPS) is 10.4. The van der Waals surface area contributed by atoms with E-state index < -0.39 is 14.2 Å². The second kappa shape index (κ2) is 8.15. The Kier molecular flexibility index (Phi) is 6.84. The molecule has 0 aromatic heterocycles. The fourth-order valence-electron chi connectivity index (χ4n) is 2.20. The molecule has 2 rings (SSSR count). The van der Waals surface area contributed by atoms with Gasteiger partial charge in [-0.2, -0.15) is 4.52 Å². The van der Waals surface area contributed by atoms with Crippen LogP contribution in [0, 0.1) is 20.8 Å². The first kappa shape index (κ1) is 18.5. The zero-order valence-electron chi connectivity index (χ0n) is 13.1. The van der Waals surface area contributed by atoms with Crippen LogP contribution in [0.4, 0.5) is 0 Å². The molecular weight excluding hydrogens is 294 g/mol. The Morgan fingerprint density at radius 1 is 1.00 bits per heavy atom. The zero-order chi connectivity index (χ0) is 15.4. The number of aryl methyl sites for hydroxylation is 3. The maximum atomic E-state index is 12.1. The Labute approximate surface area is 143 Å². The molecular formula is C16H16LiO4P+. The van der Waals surface area contributed by atoms with Crippen LogP contribution in [-0.4, -0.2) is 24.8 Å². The Bertz CT molecular complexity index is 663.